The van der Waals surface area contributed by atoms with Gasteiger partial charge < -0.3 is 10.2 Å². The van der Waals surface area contributed by atoms with Crippen LogP contribution in [0.3, 0.4) is 0 Å². The maximum atomic E-state index is 11.6. The van der Waals surface area contributed by atoms with Crippen LogP contribution in [0.5, 0.6) is 0 Å². The molecule has 1 fully saturated rings. The first-order valence-electron chi connectivity index (χ1n) is 7.24. The van der Waals surface area contributed by atoms with Gasteiger partial charge in [-0.25, -0.2) is 0 Å². The van der Waals surface area contributed by atoms with Gasteiger partial charge >= 0.3 is 0 Å². The molecule has 2 aliphatic heterocycles. The van der Waals surface area contributed by atoms with E-state index >= 15 is 0 Å². The molecule has 2 heterocycles. The van der Waals surface area contributed by atoms with Crippen LogP contribution in [0.25, 0.3) is 0 Å². The highest BCUT2D eigenvalue weighted by molar-refractivity contribution is 6.39. The first kappa shape index (κ1) is 14.3. The number of hydrogen-bond donors (Lipinski definition) is 1. The number of nitrogens with one attached hydrogen (secondary N) is 1. The van der Waals surface area contributed by atoms with Gasteiger partial charge in [-0.05, 0) is 38.3 Å². The van der Waals surface area contributed by atoms with Crippen molar-refractivity contribution in [2.24, 2.45) is 11.1 Å². The van der Waals surface area contributed by atoms with Crippen LogP contribution in [0.1, 0.15) is 39.5 Å². The molecule has 0 aromatic rings. The fraction of sp³-hybridized carbons (Fsp3) is 0.857. The molecular weight excluding hydrogens is 242 g/mol. The van der Waals surface area contributed by atoms with E-state index in [9.17, 15) is 4.79 Å². The zero-order valence-electron chi connectivity index (χ0n) is 12.2. The third-order valence-corrected chi connectivity index (χ3v) is 3.97. The topological polar surface area (TPSA) is 53.9 Å². The first-order valence-corrected chi connectivity index (χ1v) is 7.24. The molecule has 5 heteroatoms. The molecule has 1 saturated heterocycles. The molecule has 19 heavy (non-hydrogen) atoms. The normalized spacial score (nSPS) is 27.5. The molecule has 0 aromatic carbocycles. The summed E-state index contributed by atoms with van der Waals surface area (Å²) in [5.41, 5.74) is 0.282. The Morgan fingerprint density at radius 1 is 1.58 bits per heavy atom. The number of carbonyl (C=O) groups excluding carboxylic acids is 1. The number of hydrogen-bond acceptors (Lipinski definition) is 4. The SMILES string of the molecule is CNC(=O)C1=NOC2(CCCN(CCC(C)C)C2)C1. The van der Waals surface area contributed by atoms with Gasteiger partial charge in [0.25, 0.3) is 5.91 Å². The van der Waals surface area contributed by atoms with Crippen molar-refractivity contribution in [1.29, 1.82) is 0 Å². The van der Waals surface area contributed by atoms with E-state index in [0.717, 1.165) is 38.4 Å². The van der Waals surface area contributed by atoms with E-state index in [2.05, 4.69) is 29.2 Å². The zero-order chi connectivity index (χ0) is 13.9. The largest absolute Gasteiger partial charge is 0.387 e. The number of amides is 1. The third kappa shape index (κ3) is 3.47. The number of oxime groups is 1. The molecule has 0 radical (unpaired) electrons. The second-order valence-electron chi connectivity index (χ2n) is 6.13. The molecule has 5 nitrogen and oxygen atoms in total. The lowest BCUT2D eigenvalue weighted by atomic mass is 9.88. The van der Waals surface area contributed by atoms with Gasteiger partial charge in [0.1, 0.15) is 5.71 Å². The molecule has 0 saturated carbocycles. The summed E-state index contributed by atoms with van der Waals surface area (Å²) in [5, 5.41) is 6.61. The molecule has 0 aliphatic carbocycles. The summed E-state index contributed by atoms with van der Waals surface area (Å²) in [7, 11) is 1.63. The predicted molar refractivity (Wildman–Crippen MR) is 75.1 cm³/mol. The lowest BCUT2D eigenvalue weighted by Gasteiger charge is -2.38. The zero-order valence-corrected chi connectivity index (χ0v) is 12.2. The van der Waals surface area contributed by atoms with E-state index in [1.807, 2.05) is 0 Å². The van der Waals surface area contributed by atoms with Crippen LogP contribution < -0.4 is 5.32 Å². The van der Waals surface area contributed by atoms with Gasteiger partial charge in [0, 0.05) is 20.0 Å². The molecular formula is C14H25N3O2. The van der Waals surface area contributed by atoms with Crippen molar-refractivity contribution in [3.8, 4) is 0 Å². The fourth-order valence-corrected chi connectivity index (χ4v) is 2.83. The minimum Gasteiger partial charge on any atom is -0.387 e. The Morgan fingerprint density at radius 2 is 2.37 bits per heavy atom. The molecule has 1 spiro atoms. The van der Waals surface area contributed by atoms with Crippen molar-refractivity contribution in [2.75, 3.05) is 26.7 Å². The van der Waals surface area contributed by atoms with Gasteiger partial charge in [0.15, 0.2) is 5.60 Å². The summed E-state index contributed by atoms with van der Waals surface area (Å²) < 4.78 is 0. The number of rotatable bonds is 4. The summed E-state index contributed by atoms with van der Waals surface area (Å²) in [5.74, 6) is 0.608. The average Bonchev–Trinajstić information content (AvgIpc) is 2.79. The molecule has 108 valence electrons. The van der Waals surface area contributed by atoms with Crippen molar-refractivity contribution >= 4 is 11.6 Å². The van der Waals surface area contributed by atoms with Crippen molar-refractivity contribution in [1.82, 2.24) is 10.2 Å². The molecule has 2 rings (SSSR count). The van der Waals surface area contributed by atoms with Gasteiger partial charge in [-0.3, -0.25) is 9.69 Å². The van der Waals surface area contributed by atoms with Crippen LogP contribution in [0.4, 0.5) is 0 Å². The minimum absolute atomic E-state index is 0.115. The Balaban J connectivity index is 1.90. The molecule has 1 atom stereocenters. The van der Waals surface area contributed by atoms with Crippen LogP contribution >= 0.6 is 0 Å². The van der Waals surface area contributed by atoms with Crippen LogP contribution in [-0.2, 0) is 9.63 Å². The number of nitrogens with zero attached hydrogens (tertiary/aromatic N) is 2. The maximum absolute atomic E-state index is 11.6. The van der Waals surface area contributed by atoms with Crippen molar-refractivity contribution in [3.63, 3.8) is 0 Å². The summed E-state index contributed by atoms with van der Waals surface area (Å²) in [6.07, 6.45) is 3.97. The fourth-order valence-electron chi connectivity index (χ4n) is 2.83. The van der Waals surface area contributed by atoms with Crippen molar-refractivity contribution in [3.05, 3.63) is 0 Å². The maximum Gasteiger partial charge on any atom is 0.268 e. The van der Waals surface area contributed by atoms with E-state index in [-0.39, 0.29) is 11.5 Å². The Bertz CT molecular complexity index is 368. The summed E-state index contributed by atoms with van der Waals surface area (Å²) in [4.78, 5) is 19.7. The third-order valence-electron chi connectivity index (χ3n) is 3.97. The quantitative estimate of drug-likeness (QED) is 0.837. The predicted octanol–water partition coefficient (Wildman–Crippen LogP) is 1.39. The standard InChI is InChI=1S/C14H25N3O2/c1-11(2)5-8-17-7-4-6-14(10-17)9-12(16-19-14)13(18)15-3/h11H,4-10H2,1-3H3,(H,15,18). The number of likely N-dealkylation sites (tertiary alicyclic amines) is 1. The monoisotopic (exact) mass is 267 g/mol. The second-order valence-corrected chi connectivity index (χ2v) is 6.13. The Labute approximate surface area is 115 Å². The molecule has 0 bridgehead atoms. The van der Waals surface area contributed by atoms with Gasteiger partial charge in [-0.2, -0.15) is 0 Å². The van der Waals surface area contributed by atoms with Crippen LogP contribution in [-0.4, -0.2) is 48.8 Å². The number of piperidine rings is 1. The van der Waals surface area contributed by atoms with E-state index < -0.39 is 0 Å². The van der Waals surface area contributed by atoms with Crippen LogP contribution in [0.15, 0.2) is 5.16 Å². The van der Waals surface area contributed by atoms with Crippen molar-refractivity contribution in [2.45, 2.75) is 45.1 Å². The van der Waals surface area contributed by atoms with E-state index in [1.165, 1.54) is 6.42 Å². The lowest BCUT2D eigenvalue weighted by Crippen LogP contribution is -2.49. The smallest absolute Gasteiger partial charge is 0.268 e. The van der Waals surface area contributed by atoms with Crippen LogP contribution in [0, 0.1) is 5.92 Å². The van der Waals surface area contributed by atoms with Crippen LogP contribution in [0.2, 0.25) is 0 Å². The van der Waals surface area contributed by atoms with E-state index in [1.54, 1.807) is 7.05 Å². The van der Waals surface area contributed by atoms with E-state index in [4.69, 9.17) is 4.84 Å². The summed E-state index contributed by atoms with van der Waals surface area (Å²) >= 11 is 0. The summed E-state index contributed by atoms with van der Waals surface area (Å²) in [6.45, 7) is 7.63. The van der Waals surface area contributed by atoms with Gasteiger partial charge in [0.2, 0.25) is 0 Å². The second kappa shape index (κ2) is 5.90. The van der Waals surface area contributed by atoms with Crippen molar-refractivity contribution < 1.29 is 9.63 Å². The Morgan fingerprint density at radius 3 is 3.05 bits per heavy atom. The Kier molecular flexibility index (Phi) is 4.45. The molecule has 0 aromatic heterocycles. The first-order chi connectivity index (χ1) is 9.04. The highest BCUT2D eigenvalue weighted by Crippen LogP contribution is 2.33. The molecule has 1 amide bonds. The summed E-state index contributed by atoms with van der Waals surface area (Å²) in [6, 6.07) is 0. The van der Waals surface area contributed by atoms with Gasteiger partial charge in [-0.1, -0.05) is 19.0 Å². The number of carbonyl (C=O) groups is 1. The Hall–Kier alpha value is -1.10. The van der Waals surface area contributed by atoms with Gasteiger partial charge in [0.05, 0.1) is 0 Å². The van der Waals surface area contributed by atoms with Gasteiger partial charge in [-0.15, -0.1) is 0 Å². The molecule has 2 aliphatic rings. The average molecular weight is 267 g/mol. The highest BCUT2D eigenvalue weighted by Gasteiger charge is 2.44. The lowest BCUT2D eigenvalue weighted by molar-refractivity contribution is -0.114. The van der Waals surface area contributed by atoms with E-state index in [0.29, 0.717) is 12.1 Å². The minimum atomic E-state index is -0.253. The highest BCUT2D eigenvalue weighted by atomic mass is 16.7. The molecule has 1 unspecified atom stereocenters. The molecule has 1 N–H and O–H groups in total.